The van der Waals surface area contributed by atoms with E-state index in [4.69, 9.17) is 18.9 Å². The zero-order valence-electron chi connectivity index (χ0n) is 12.4. The molecule has 0 amide bonds. The number of aliphatic hydroxyl groups excluding tert-OH is 3. The van der Waals surface area contributed by atoms with Crippen molar-refractivity contribution in [1.82, 2.24) is 9.97 Å². The molecule has 2 saturated heterocycles. The van der Waals surface area contributed by atoms with Gasteiger partial charge in [-0.1, -0.05) is 0 Å². The molecule has 2 aliphatic heterocycles. The molecule has 9 heteroatoms. The smallest absolute Gasteiger partial charge is 0.147 e. The lowest BCUT2D eigenvalue weighted by molar-refractivity contribution is -0.0696. The molecule has 0 radical (unpaired) electrons. The van der Waals surface area contributed by atoms with Gasteiger partial charge in [0, 0.05) is 12.6 Å². The van der Waals surface area contributed by atoms with Crippen LogP contribution in [0.5, 0.6) is 0 Å². The standard InChI is InChI=1S/C14H20N2O7/c17-10(11-4-20-6-22-11)1-8-2-16-9(3-15-8)13(18)14(19)12-5-21-7-23-12/h2-3,10-14,17-19H,1,4-7H2. The molecule has 9 nitrogen and oxygen atoms in total. The van der Waals surface area contributed by atoms with E-state index in [0.29, 0.717) is 12.3 Å². The minimum Gasteiger partial charge on any atom is -0.390 e. The molecule has 128 valence electrons. The number of nitrogens with zero attached hydrogens (tertiary/aromatic N) is 2. The van der Waals surface area contributed by atoms with Crippen molar-refractivity contribution >= 4 is 0 Å². The van der Waals surface area contributed by atoms with Crippen molar-refractivity contribution in [3.63, 3.8) is 0 Å². The maximum Gasteiger partial charge on any atom is 0.147 e. The summed E-state index contributed by atoms with van der Waals surface area (Å²) in [5.41, 5.74) is 0.783. The van der Waals surface area contributed by atoms with E-state index in [0.717, 1.165) is 0 Å². The van der Waals surface area contributed by atoms with Gasteiger partial charge in [0.1, 0.15) is 38.0 Å². The summed E-state index contributed by atoms with van der Waals surface area (Å²) in [7, 11) is 0. The topological polar surface area (TPSA) is 123 Å². The molecule has 3 rings (SSSR count). The third kappa shape index (κ3) is 4.01. The van der Waals surface area contributed by atoms with Crippen LogP contribution in [-0.4, -0.2) is 76.5 Å². The van der Waals surface area contributed by atoms with Crippen LogP contribution in [0.1, 0.15) is 17.5 Å². The highest BCUT2D eigenvalue weighted by Crippen LogP contribution is 2.21. The van der Waals surface area contributed by atoms with Crippen LogP contribution >= 0.6 is 0 Å². The van der Waals surface area contributed by atoms with E-state index < -0.39 is 24.4 Å². The molecule has 5 unspecified atom stereocenters. The second-order valence-corrected chi connectivity index (χ2v) is 5.53. The average Bonchev–Trinajstić information content (AvgIpc) is 3.27. The summed E-state index contributed by atoms with van der Waals surface area (Å²) >= 11 is 0. The van der Waals surface area contributed by atoms with E-state index >= 15 is 0 Å². The Morgan fingerprint density at radius 1 is 1.00 bits per heavy atom. The fraction of sp³-hybridized carbons (Fsp3) is 0.714. The van der Waals surface area contributed by atoms with Crippen LogP contribution in [0.2, 0.25) is 0 Å². The summed E-state index contributed by atoms with van der Waals surface area (Å²) in [6, 6.07) is 0. The van der Waals surface area contributed by atoms with Gasteiger partial charge in [0.15, 0.2) is 0 Å². The summed E-state index contributed by atoms with van der Waals surface area (Å²) in [5.74, 6) is 0. The highest BCUT2D eigenvalue weighted by atomic mass is 16.7. The van der Waals surface area contributed by atoms with Crippen LogP contribution in [0.4, 0.5) is 0 Å². The average molecular weight is 328 g/mol. The Balaban J connectivity index is 1.57. The molecule has 3 heterocycles. The lowest BCUT2D eigenvalue weighted by Gasteiger charge is -2.21. The first-order valence-electron chi connectivity index (χ1n) is 7.39. The number of ether oxygens (including phenoxy) is 4. The number of hydrogen-bond acceptors (Lipinski definition) is 9. The zero-order valence-corrected chi connectivity index (χ0v) is 12.4. The maximum absolute atomic E-state index is 10.1. The van der Waals surface area contributed by atoms with Crippen molar-refractivity contribution in [1.29, 1.82) is 0 Å². The van der Waals surface area contributed by atoms with Crippen molar-refractivity contribution in [2.45, 2.75) is 36.9 Å². The zero-order chi connectivity index (χ0) is 16.2. The quantitative estimate of drug-likeness (QED) is 0.573. The fourth-order valence-electron chi connectivity index (χ4n) is 2.46. The highest BCUT2D eigenvalue weighted by Gasteiger charge is 2.32. The van der Waals surface area contributed by atoms with E-state index in [1.165, 1.54) is 12.4 Å². The normalized spacial score (nSPS) is 28.7. The summed E-state index contributed by atoms with van der Waals surface area (Å²) in [6.07, 6.45) is -0.978. The third-order valence-corrected chi connectivity index (χ3v) is 3.88. The van der Waals surface area contributed by atoms with E-state index in [9.17, 15) is 15.3 Å². The first-order valence-corrected chi connectivity index (χ1v) is 7.39. The highest BCUT2D eigenvalue weighted by molar-refractivity contribution is 5.08. The number of rotatable bonds is 6. The lowest BCUT2D eigenvalue weighted by Crippen LogP contribution is -2.34. The Morgan fingerprint density at radius 3 is 2.26 bits per heavy atom. The van der Waals surface area contributed by atoms with Crippen molar-refractivity contribution in [2.75, 3.05) is 26.8 Å². The summed E-state index contributed by atoms with van der Waals surface area (Å²) in [5, 5.41) is 30.2. The van der Waals surface area contributed by atoms with Crippen LogP contribution in [0.15, 0.2) is 12.4 Å². The van der Waals surface area contributed by atoms with Crippen molar-refractivity contribution in [3.05, 3.63) is 23.8 Å². The Hall–Kier alpha value is -1.20. The Morgan fingerprint density at radius 2 is 1.70 bits per heavy atom. The van der Waals surface area contributed by atoms with E-state index in [1.54, 1.807) is 0 Å². The number of aromatic nitrogens is 2. The van der Waals surface area contributed by atoms with Crippen LogP contribution in [0.3, 0.4) is 0 Å². The maximum atomic E-state index is 10.1. The molecule has 2 fully saturated rings. The van der Waals surface area contributed by atoms with E-state index in [-0.39, 0.29) is 38.4 Å². The van der Waals surface area contributed by atoms with E-state index in [2.05, 4.69) is 9.97 Å². The Labute approximate surface area is 132 Å². The minimum absolute atomic E-state index is 0.101. The minimum atomic E-state index is -1.22. The number of hydrogen-bond donors (Lipinski definition) is 3. The SMILES string of the molecule is OC(Cc1cnc(C(O)C(O)C2COCO2)cn1)C1COCO1. The van der Waals surface area contributed by atoms with Gasteiger partial charge in [-0.2, -0.15) is 0 Å². The molecular weight excluding hydrogens is 308 g/mol. The lowest BCUT2D eigenvalue weighted by atomic mass is 10.1. The molecule has 0 aromatic carbocycles. The molecule has 0 saturated carbocycles. The predicted octanol–water partition coefficient (Wildman–Crippen LogP) is -1.48. The molecule has 2 aliphatic rings. The van der Waals surface area contributed by atoms with Gasteiger partial charge >= 0.3 is 0 Å². The molecule has 0 spiro atoms. The van der Waals surface area contributed by atoms with Crippen molar-refractivity contribution < 1.29 is 34.3 Å². The number of aliphatic hydroxyl groups is 3. The molecule has 1 aromatic rings. The van der Waals surface area contributed by atoms with Gasteiger partial charge in [0.05, 0.1) is 36.9 Å². The molecule has 23 heavy (non-hydrogen) atoms. The van der Waals surface area contributed by atoms with Crippen LogP contribution < -0.4 is 0 Å². The van der Waals surface area contributed by atoms with Gasteiger partial charge in [-0.15, -0.1) is 0 Å². The van der Waals surface area contributed by atoms with Crippen LogP contribution in [0.25, 0.3) is 0 Å². The van der Waals surface area contributed by atoms with Gasteiger partial charge < -0.3 is 34.3 Å². The van der Waals surface area contributed by atoms with Gasteiger partial charge in [-0.05, 0) is 0 Å². The second kappa shape index (κ2) is 7.58. The summed E-state index contributed by atoms with van der Waals surface area (Å²) in [4.78, 5) is 8.26. The Kier molecular flexibility index (Phi) is 5.49. The molecule has 0 bridgehead atoms. The molecular formula is C14H20N2O7. The van der Waals surface area contributed by atoms with Crippen LogP contribution in [0, 0.1) is 0 Å². The van der Waals surface area contributed by atoms with Gasteiger partial charge in [0.25, 0.3) is 0 Å². The van der Waals surface area contributed by atoms with Gasteiger partial charge in [0.2, 0.25) is 0 Å². The van der Waals surface area contributed by atoms with Crippen molar-refractivity contribution in [3.8, 4) is 0 Å². The predicted molar refractivity (Wildman–Crippen MR) is 74.1 cm³/mol. The monoisotopic (exact) mass is 328 g/mol. The summed E-state index contributed by atoms with van der Waals surface area (Å²) < 4.78 is 20.4. The van der Waals surface area contributed by atoms with Gasteiger partial charge in [-0.3, -0.25) is 9.97 Å². The molecule has 3 N–H and O–H groups in total. The fourth-order valence-corrected chi connectivity index (χ4v) is 2.46. The summed E-state index contributed by atoms with van der Waals surface area (Å²) in [6.45, 7) is 0.855. The van der Waals surface area contributed by atoms with Gasteiger partial charge in [-0.25, -0.2) is 0 Å². The third-order valence-electron chi connectivity index (χ3n) is 3.88. The first kappa shape index (κ1) is 16.7. The molecule has 5 atom stereocenters. The van der Waals surface area contributed by atoms with Crippen LogP contribution in [-0.2, 0) is 25.4 Å². The largest absolute Gasteiger partial charge is 0.390 e. The van der Waals surface area contributed by atoms with Crippen molar-refractivity contribution in [2.24, 2.45) is 0 Å². The molecule has 1 aromatic heterocycles. The Bertz CT molecular complexity index is 488. The van der Waals surface area contributed by atoms with E-state index in [1.807, 2.05) is 0 Å². The second-order valence-electron chi connectivity index (χ2n) is 5.53. The molecule has 0 aliphatic carbocycles. The first-order chi connectivity index (χ1) is 11.1.